The second-order valence-electron chi connectivity index (χ2n) is 6.02. The molecule has 2 aromatic carbocycles. The molecule has 1 N–H and O–H groups in total. The number of rotatable bonds is 6. The zero-order valence-corrected chi connectivity index (χ0v) is 15.8. The number of fused-ring (bicyclic) bond motifs is 1. The van der Waals surface area contributed by atoms with Gasteiger partial charge in [0.25, 0.3) is 0 Å². The Labute approximate surface area is 162 Å². The molecule has 0 fully saturated rings. The van der Waals surface area contributed by atoms with Gasteiger partial charge in [-0.1, -0.05) is 6.07 Å². The summed E-state index contributed by atoms with van der Waals surface area (Å²) in [7, 11) is 4.74. The van der Waals surface area contributed by atoms with Crippen LogP contribution in [-0.2, 0) is 0 Å². The minimum absolute atomic E-state index is 0.245. The van der Waals surface area contributed by atoms with Crippen LogP contribution in [0.4, 0.5) is 11.5 Å². The number of benzene rings is 2. The maximum Gasteiger partial charge on any atom is 0.231 e. The minimum atomic E-state index is 0.245. The molecule has 4 rings (SSSR count). The van der Waals surface area contributed by atoms with E-state index in [-0.39, 0.29) is 6.79 Å². The van der Waals surface area contributed by atoms with Gasteiger partial charge in [-0.25, -0.2) is 4.98 Å². The number of methoxy groups -OCH3 is 3. The summed E-state index contributed by atoms with van der Waals surface area (Å²) in [6, 6.07) is 15.2. The Morgan fingerprint density at radius 3 is 2.32 bits per heavy atom. The van der Waals surface area contributed by atoms with Crippen LogP contribution >= 0.6 is 0 Å². The van der Waals surface area contributed by atoms with Crippen LogP contribution in [0.1, 0.15) is 0 Å². The first-order chi connectivity index (χ1) is 13.7. The Balaban J connectivity index is 1.64. The van der Waals surface area contributed by atoms with Gasteiger partial charge in [0.05, 0.1) is 27.0 Å². The van der Waals surface area contributed by atoms with E-state index in [1.54, 1.807) is 21.3 Å². The molecule has 1 aliphatic heterocycles. The van der Waals surface area contributed by atoms with Crippen molar-refractivity contribution in [3.63, 3.8) is 0 Å². The molecule has 0 atom stereocenters. The van der Waals surface area contributed by atoms with Crippen molar-refractivity contribution in [2.75, 3.05) is 33.4 Å². The lowest BCUT2D eigenvalue weighted by Gasteiger charge is -2.15. The van der Waals surface area contributed by atoms with E-state index < -0.39 is 0 Å². The van der Waals surface area contributed by atoms with Gasteiger partial charge in [0.15, 0.2) is 23.0 Å². The highest BCUT2D eigenvalue weighted by Gasteiger charge is 2.15. The van der Waals surface area contributed by atoms with Crippen molar-refractivity contribution in [2.24, 2.45) is 0 Å². The molecule has 1 aromatic heterocycles. The Bertz CT molecular complexity index is 981. The normalized spacial score (nSPS) is 11.8. The summed E-state index contributed by atoms with van der Waals surface area (Å²) in [6.07, 6.45) is 0. The molecular weight excluding hydrogens is 360 g/mol. The number of hydrogen-bond donors (Lipinski definition) is 1. The number of nitrogens with one attached hydrogen (secondary N) is 1. The maximum absolute atomic E-state index is 5.45. The molecular formula is C21H20N2O5. The van der Waals surface area contributed by atoms with E-state index in [0.717, 1.165) is 28.4 Å². The minimum Gasteiger partial charge on any atom is -0.493 e. The van der Waals surface area contributed by atoms with E-state index >= 15 is 0 Å². The summed E-state index contributed by atoms with van der Waals surface area (Å²) in [6.45, 7) is 0.245. The van der Waals surface area contributed by atoms with Crippen LogP contribution in [0.3, 0.4) is 0 Å². The highest BCUT2D eigenvalue weighted by atomic mass is 16.7. The second kappa shape index (κ2) is 7.56. The van der Waals surface area contributed by atoms with Gasteiger partial charge >= 0.3 is 0 Å². The molecule has 3 aromatic rings. The molecule has 0 amide bonds. The van der Waals surface area contributed by atoms with Crippen molar-refractivity contribution in [3.8, 4) is 40.0 Å². The number of ether oxygens (including phenoxy) is 5. The van der Waals surface area contributed by atoms with E-state index in [9.17, 15) is 0 Å². The van der Waals surface area contributed by atoms with Crippen LogP contribution in [-0.4, -0.2) is 33.1 Å². The number of nitrogens with zero attached hydrogens (tertiary/aromatic N) is 1. The van der Waals surface area contributed by atoms with E-state index in [1.165, 1.54) is 0 Å². The molecule has 2 heterocycles. The van der Waals surface area contributed by atoms with Gasteiger partial charge in [-0.15, -0.1) is 0 Å². The van der Waals surface area contributed by atoms with Crippen molar-refractivity contribution in [3.05, 3.63) is 48.5 Å². The molecule has 0 bridgehead atoms. The highest BCUT2D eigenvalue weighted by molar-refractivity contribution is 5.69. The number of pyridine rings is 1. The summed E-state index contributed by atoms with van der Waals surface area (Å²) < 4.78 is 27.0. The summed E-state index contributed by atoms with van der Waals surface area (Å²) in [4.78, 5) is 4.70. The molecule has 28 heavy (non-hydrogen) atoms. The standard InChI is InChI=1S/C21H20N2O5/c1-24-18-10-14(11-19(25-2)21(18)26-3)22-20-6-4-5-15(23-20)13-7-8-16-17(9-13)28-12-27-16/h4-11H,12H2,1-3H3,(H,22,23). The third kappa shape index (κ3) is 3.34. The average Bonchev–Trinajstić information content (AvgIpc) is 3.21. The van der Waals surface area contributed by atoms with Gasteiger partial charge in [-0.2, -0.15) is 0 Å². The molecule has 0 radical (unpaired) electrons. The van der Waals surface area contributed by atoms with Gasteiger partial charge < -0.3 is 29.0 Å². The molecule has 7 nitrogen and oxygen atoms in total. The van der Waals surface area contributed by atoms with Gasteiger partial charge in [-0.3, -0.25) is 0 Å². The van der Waals surface area contributed by atoms with Gasteiger partial charge in [-0.05, 0) is 30.3 Å². The lowest BCUT2D eigenvalue weighted by molar-refractivity contribution is 0.174. The fourth-order valence-electron chi connectivity index (χ4n) is 3.02. The predicted molar refractivity (Wildman–Crippen MR) is 105 cm³/mol. The Morgan fingerprint density at radius 1 is 0.857 bits per heavy atom. The SMILES string of the molecule is COc1cc(Nc2cccc(-c3ccc4c(c3)OCO4)n2)cc(OC)c1OC. The van der Waals surface area contributed by atoms with Crippen molar-refractivity contribution in [1.29, 1.82) is 0 Å². The number of hydrogen-bond acceptors (Lipinski definition) is 7. The third-order valence-electron chi connectivity index (χ3n) is 4.35. The first-order valence-corrected chi connectivity index (χ1v) is 8.66. The Kier molecular flexibility index (Phi) is 4.80. The number of anilines is 2. The fourth-order valence-corrected chi connectivity index (χ4v) is 3.02. The maximum atomic E-state index is 5.45. The Morgan fingerprint density at radius 2 is 1.61 bits per heavy atom. The van der Waals surface area contributed by atoms with Crippen molar-refractivity contribution < 1.29 is 23.7 Å². The molecule has 0 spiro atoms. The zero-order chi connectivity index (χ0) is 19.5. The molecule has 144 valence electrons. The van der Waals surface area contributed by atoms with E-state index in [2.05, 4.69) is 5.32 Å². The first-order valence-electron chi connectivity index (χ1n) is 8.66. The molecule has 0 saturated heterocycles. The summed E-state index contributed by atoms with van der Waals surface area (Å²) >= 11 is 0. The highest BCUT2D eigenvalue weighted by Crippen LogP contribution is 2.41. The van der Waals surface area contributed by atoms with Crippen molar-refractivity contribution in [2.45, 2.75) is 0 Å². The smallest absolute Gasteiger partial charge is 0.231 e. The fraction of sp³-hybridized carbons (Fsp3) is 0.190. The van der Waals surface area contributed by atoms with Crippen LogP contribution < -0.4 is 29.0 Å². The first kappa shape index (κ1) is 17.8. The zero-order valence-electron chi connectivity index (χ0n) is 15.8. The lowest BCUT2D eigenvalue weighted by atomic mass is 10.1. The monoisotopic (exact) mass is 380 g/mol. The topological polar surface area (TPSA) is 71.1 Å². The van der Waals surface area contributed by atoms with Gasteiger partial charge in [0.1, 0.15) is 5.82 Å². The molecule has 7 heteroatoms. The van der Waals surface area contributed by atoms with E-state index in [4.69, 9.17) is 28.7 Å². The molecule has 1 aliphatic rings. The molecule has 0 saturated carbocycles. The number of aromatic nitrogens is 1. The third-order valence-corrected chi connectivity index (χ3v) is 4.35. The quantitative estimate of drug-likeness (QED) is 0.685. The summed E-state index contributed by atoms with van der Waals surface area (Å²) in [5.41, 5.74) is 2.53. The largest absolute Gasteiger partial charge is 0.493 e. The molecule has 0 unspecified atom stereocenters. The van der Waals surface area contributed by atoms with Gasteiger partial charge in [0.2, 0.25) is 12.5 Å². The van der Waals surface area contributed by atoms with E-state index in [1.807, 2.05) is 48.5 Å². The van der Waals surface area contributed by atoms with Crippen molar-refractivity contribution >= 4 is 11.5 Å². The van der Waals surface area contributed by atoms with Crippen LogP contribution in [0.2, 0.25) is 0 Å². The molecule has 0 aliphatic carbocycles. The van der Waals surface area contributed by atoms with Crippen LogP contribution in [0.25, 0.3) is 11.3 Å². The van der Waals surface area contributed by atoms with Crippen LogP contribution in [0, 0.1) is 0 Å². The van der Waals surface area contributed by atoms with E-state index in [0.29, 0.717) is 23.1 Å². The summed E-state index contributed by atoms with van der Waals surface area (Å²) in [5, 5.41) is 3.28. The summed E-state index contributed by atoms with van der Waals surface area (Å²) in [5.74, 6) is 3.83. The second-order valence-corrected chi connectivity index (χ2v) is 6.02. The lowest BCUT2D eigenvalue weighted by Crippen LogP contribution is -1.99. The Hall–Kier alpha value is -3.61. The predicted octanol–water partition coefficient (Wildman–Crippen LogP) is 4.25. The van der Waals surface area contributed by atoms with Crippen LogP contribution in [0.5, 0.6) is 28.7 Å². The van der Waals surface area contributed by atoms with Gasteiger partial charge in [0, 0.05) is 23.4 Å². The van der Waals surface area contributed by atoms with Crippen LogP contribution in [0.15, 0.2) is 48.5 Å². The average molecular weight is 380 g/mol. The van der Waals surface area contributed by atoms with Crippen molar-refractivity contribution in [1.82, 2.24) is 4.98 Å².